The zero-order valence-electron chi connectivity index (χ0n) is 6.33. The average Bonchev–Trinajstić information content (AvgIpc) is 1.77. The lowest BCUT2D eigenvalue weighted by Crippen LogP contribution is -2.41. The molecule has 3 nitrogen and oxygen atoms in total. The Labute approximate surface area is 80.1 Å². The van der Waals surface area contributed by atoms with Crippen molar-refractivity contribution in [3.63, 3.8) is 0 Å². The smallest absolute Gasteiger partial charge is 0.0525 e. The minimum Gasteiger partial charge on any atom is -0.315 e. The Morgan fingerprint density at radius 3 is 2.36 bits per heavy atom. The van der Waals surface area contributed by atoms with E-state index in [2.05, 4.69) is 5.32 Å². The molecule has 70 valence electrons. The van der Waals surface area contributed by atoms with E-state index in [1.54, 1.807) is 0 Å². The molecule has 0 amide bonds. The summed E-state index contributed by atoms with van der Waals surface area (Å²) in [5.41, 5.74) is 0. The highest BCUT2D eigenvalue weighted by molar-refractivity contribution is 7.93. The quantitative estimate of drug-likeness (QED) is 0.637. The van der Waals surface area contributed by atoms with Crippen LogP contribution < -0.4 is 5.32 Å². The first-order valence-corrected chi connectivity index (χ1v) is 4.88. The molecule has 1 aliphatic rings. The van der Waals surface area contributed by atoms with Gasteiger partial charge >= 0.3 is 0 Å². The number of hydrogen-bond donors (Lipinski definition) is 2. The van der Waals surface area contributed by atoms with Crippen molar-refractivity contribution < 1.29 is 4.21 Å². The van der Waals surface area contributed by atoms with Crippen molar-refractivity contribution in [2.45, 2.75) is 12.2 Å². The van der Waals surface area contributed by atoms with Gasteiger partial charge in [-0.15, -0.1) is 24.8 Å². The zero-order chi connectivity index (χ0) is 6.91. The molecule has 0 aromatic rings. The molecule has 6 heteroatoms. The molecule has 2 unspecified atom stereocenters. The monoisotopic (exact) mass is 220 g/mol. The SMILES string of the molecule is CC1CNCCS1(=N)=O.Cl.Cl. The van der Waals surface area contributed by atoms with Crippen LogP contribution in [0.3, 0.4) is 0 Å². The highest BCUT2D eigenvalue weighted by atomic mass is 35.5. The molecule has 1 heterocycles. The van der Waals surface area contributed by atoms with Crippen LogP contribution in [0.4, 0.5) is 0 Å². The van der Waals surface area contributed by atoms with Gasteiger partial charge in [0.2, 0.25) is 0 Å². The molecule has 1 saturated heterocycles. The lowest BCUT2D eigenvalue weighted by atomic mass is 10.4. The Morgan fingerprint density at radius 2 is 2.09 bits per heavy atom. The Kier molecular flexibility index (Phi) is 6.63. The molecule has 0 radical (unpaired) electrons. The molecule has 0 spiro atoms. The van der Waals surface area contributed by atoms with Gasteiger partial charge in [-0.25, -0.2) is 4.21 Å². The fraction of sp³-hybridized carbons (Fsp3) is 1.00. The summed E-state index contributed by atoms with van der Waals surface area (Å²) in [6, 6.07) is 0. The van der Waals surface area contributed by atoms with Crippen molar-refractivity contribution >= 4 is 34.5 Å². The lowest BCUT2D eigenvalue weighted by molar-refractivity contribution is 0.618. The van der Waals surface area contributed by atoms with Gasteiger partial charge in [0.15, 0.2) is 0 Å². The molecule has 1 rings (SSSR count). The standard InChI is InChI=1S/C5H12N2OS.2ClH/c1-5-4-7-2-3-9(5,6)8;;/h5-7H,2-4H2,1H3;2*1H. The van der Waals surface area contributed by atoms with Gasteiger partial charge in [0.25, 0.3) is 0 Å². The van der Waals surface area contributed by atoms with Gasteiger partial charge in [-0.3, -0.25) is 4.78 Å². The van der Waals surface area contributed by atoms with E-state index in [0.717, 1.165) is 13.1 Å². The largest absolute Gasteiger partial charge is 0.315 e. The number of nitrogens with one attached hydrogen (secondary N) is 2. The maximum Gasteiger partial charge on any atom is 0.0525 e. The maximum absolute atomic E-state index is 11.2. The Morgan fingerprint density at radius 1 is 1.55 bits per heavy atom. The maximum atomic E-state index is 11.2. The molecule has 1 aliphatic heterocycles. The van der Waals surface area contributed by atoms with Crippen molar-refractivity contribution in [1.82, 2.24) is 5.32 Å². The molecule has 0 aromatic carbocycles. The second kappa shape index (κ2) is 5.19. The van der Waals surface area contributed by atoms with Gasteiger partial charge in [-0.2, -0.15) is 0 Å². The normalized spacial score (nSPS) is 36.6. The Bertz CT molecular complexity index is 193. The summed E-state index contributed by atoms with van der Waals surface area (Å²) in [6.45, 7) is 3.34. The van der Waals surface area contributed by atoms with E-state index in [-0.39, 0.29) is 30.1 Å². The minimum absolute atomic E-state index is 0. The minimum atomic E-state index is -2.22. The lowest BCUT2D eigenvalue weighted by Gasteiger charge is -2.21. The van der Waals surface area contributed by atoms with Gasteiger partial charge in [0, 0.05) is 28.6 Å². The summed E-state index contributed by atoms with van der Waals surface area (Å²) in [6.07, 6.45) is 0. The van der Waals surface area contributed by atoms with Crippen molar-refractivity contribution in [2.75, 3.05) is 18.8 Å². The van der Waals surface area contributed by atoms with Crippen LogP contribution >= 0.6 is 24.8 Å². The summed E-state index contributed by atoms with van der Waals surface area (Å²) < 4.78 is 18.5. The highest BCUT2D eigenvalue weighted by Gasteiger charge is 2.19. The molecule has 11 heavy (non-hydrogen) atoms. The van der Waals surface area contributed by atoms with Crippen LogP contribution in [0, 0.1) is 4.78 Å². The first-order valence-electron chi connectivity index (χ1n) is 3.09. The second-order valence-electron chi connectivity index (χ2n) is 2.45. The van der Waals surface area contributed by atoms with Crippen LogP contribution in [0.2, 0.25) is 0 Å². The van der Waals surface area contributed by atoms with Crippen molar-refractivity contribution in [2.24, 2.45) is 0 Å². The average molecular weight is 221 g/mol. The van der Waals surface area contributed by atoms with Crippen LogP contribution in [0.1, 0.15) is 6.92 Å². The molecule has 0 aromatic heterocycles. The molecule has 2 atom stereocenters. The van der Waals surface area contributed by atoms with Crippen molar-refractivity contribution in [3.05, 3.63) is 0 Å². The van der Waals surface area contributed by atoms with Gasteiger partial charge in [-0.05, 0) is 6.92 Å². The molecule has 0 bridgehead atoms. The van der Waals surface area contributed by atoms with Crippen molar-refractivity contribution in [3.8, 4) is 0 Å². The van der Waals surface area contributed by atoms with Crippen molar-refractivity contribution in [1.29, 1.82) is 4.78 Å². The molecule has 2 N–H and O–H groups in total. The molecular weight excluding hydrogens is 207 g/mol. The highest BCUT2D eigenvalue weighted by Crippen LogP contribution is 2.04. The first kappa shape index (κ1) is 14.0. The van der Waals surface area contributed by atoms with Crippen LogP contribution in [-0.2, 0) is 9.73 Å². The molecule has 0 saturated carbocycles. The van der Waals surface area contributed by atoms with Crippen LogP contribution in [0.25, 0.3) is 0 Å². The van der Waals surface area contributed by atoms with E-state index >= 15 is 0 Å². The molecule has 0 aliphatic carbocycles. The topological polar surface area (TPSA) is 53.0 Å². The van der Waals surface area contributed by atoms with E-state index in [1.807, 2.05) is 6.92 Å². The zero-order valence-corrected chi connectivity index (χ0v) is 8.78. The first-order chi connectivity index (χ1) is 4.13. The third-order valence-electron chi connectivity index (χ3n) is 1.66. The summed E-state index contributed by atoms with van der Waals surface area (Å²) in [4.78, 5) is 0. The van der Waals surface area contributed by atoms with Gasteiger partial charge in [0.1, 0.15) is 0 Å². The third kappa shape index (κ3) is 3.60. The predicted molar refractivity (Wildman–Crippen MR) is 52.6 cm³/mol. The summed E-state index contributed by atoms with van der Waals surface area (Å²) in [7, 11) is -2.22. The Balaban J connectivity index is 0. The number of halogens is 2. The number of rotatable bonds is 0. The van der Waals surface area contributed by atoms with Gasteiger partial charge in [0.05, 0.1) is 5.25 Å². The second-order valence-corrected chi connectivity index (χ2v) is 5.11. The molecule has 1 fully saturated rings. The predicted octanol–water partition coefficient (Wildman–Crippen LogP) is 0.868. The van der Waals surface area contributed by atoms with Crippen LogP contribution in [-0.4, -0.2) is 28.3 Å². The molecular formula is C5H14Cl2N2OS. The van der Waals surface area contributed by atoms with E-state index in [1.165, 1.54) is 0 Å². The van der Waals surface area contributed by atoms with E-state index < -0.39 is 9.73 Å². The fourth-order valence-corrected chi connectivity index (χ4v) is 2.10. The third-order valence-corrected chi connectivity index (χ3v) is 3.94. The van der Waals surface area contributed by atoms with Gasteiger partial charge in [-0.1, -0.05) is 0 Å². The van der Waals surface area contributed by atoms with Crippen LogP contribution in [0.15, 0.2) is 0 Å². The summed E-state index contributed by atoms with van der Waals surface area (Å²) in [5, 5.41) is 3.12. The van der Waals surface area contributed by atoms with E-state index in [0.29, 0.717) is 5.75 Å². The van der Waals surface area contributed by atoms with E-state index in [9.17, 15) is 4.21 Å². The fourth-order valence-electron chi connectivity index (χ4n) is 0.865. The summed E-state index contributed by atoms with van der Waals surface area (Å²) in [5.74, 6) is 0.522. The number of hydrogen-bond acceptors (Lipinski definition) is 3. The van der Waals surface area contributed by atoms with E-state index in [4.69, 9.17) is 4.78 Å². The summed E-state index contributed by atoms with van der Waals surface area (Å²) >= 11 is 0. The Hall–Kier alpha value is 0.490. The van der Waals surface area contributed by atoms with Gasteiger partial charge < -0.3 is 5.32 Å². The van der Waals surface area contributed by atoms with Crippen LogP contribution in [0.5, 0.6) is 0 Å².